The van der Waals surface area contributed by atoms with Gasteiger partial charge in [-0.3, -0.25) is 0 Å². The summed E-state index contributed by atoms with van der Waals surface area (Å²) in [6.07, 6.45) is 6.31. The molecule has 1 aromatic carbocycles. The summed E-state index contributed by atoms with van der Waals surface area (Å²) in [5.74, 6) is 0.590. The predicted molar refractivity (Wildman–Crippen MR) is 93.1 cm³/mol. The Hall–Kier alpha value is -1.24. The molecule has 1 saturated carbocycles. The first-order chi connectivity index (χ1) is 11.0. The van der Waals surface area contributed by atoms with Crippen molar-refractivity contribution < 1.29 is 8.42 Å². The molecule has 1 aliphatic rings. The molecular weight excluding hydrogens is 328 g/mol. The number of benzene rings is 1. The number of aryl methyl sites for hydroxylation is 1. The fourth-order valence-corrected chi connectivity index (χ4v) is 4.87. The Balaban J connectivity index is 1.67. The zero-order valence-electron chi connectivity index (χ0n) is 13.3. The van der Waals surface area contributed by atoms with Crippen LogP contribution in [-0.4, -0.2) is 13.4 Å². The van der Waals surface area contributed by atoms with Crippen LogP contribution in [0, 0.1) is 6.92 Å². The van der Waals surface area contributed by atoms with Crippen molar-refractivity contribution >= 4 is 21.4 Å². The lowest BCUT2D eigenvalue weighted by Gasteiger charge is -2.22. The van der Waals surface area contributed by atoms with Crippen LogP contribution in [0.4, 0.5) is 0 Å². The van der Waals surface area contributed by atoms with Gasteiger partial charge in [0.25, 0.3) is 0 Å². The number of aromatic nitrogens is 1. The molecule has 0 bridgehead atoms. The van der Waals surface area contributed by atoms with Crippen LogP contribution in [0.15, 0.2) is 34.5 Å². The second-order valence-corrected chi connectivity index (χ2v) is 8.82. The summed E-state index contributed by atoms with van der Waals surface area (Å²) in [5, 5.41) is 2.70. The Morgan fingerprint density at radius 3 is 2.48 bits per heavy atom. The normalized spacial score (nSPS) is 16.6. The van der Waals surface area contributed by atoms with Crippen LogP contribution in [0.1, 0.15) is 54.3 Å². The molecule has 0 spiro atoms. The third kappa shape index (κ3) is 4.19. The Morgan fingerprint density at radius 1 is 1.17 bits per heavy atom. The van der Waals surface area contributed by atoms with Crippen molar-refractivity contribution in [3.8, 4) is 0 Å². The van der Waals surface area contributed by atoms with Crippen LogP contribution in [-0.2, 0) is 16.6 Å². The molecule has 1 heterocycles. The second kappa shape index (κ2) is 7.11. The molecule has 4 nitrogen and oxygen atoms in total. The van der Waals surface area contributed by atoms with Crippen LogP contribution < -0.4 is 4.72 Å². The highest BCUT2D eigenvalue weighted by atomic mass is 32.2. The first kappa shape index (κ1) is 16.6. The second-order valence-electron chi connectivity index (χ2n) is 6.11. The summed E-state index contributed by atoms with van der Waals surface area (Å²) < 4.78 is 27.4. The van der Waals surface area contributed by atoms with E-state index < -0.39 is 10.0 Å². The van der Waals surface area contributed by atoms with E-state index in [9.17, 15) is 8.42 Å². The number of sulfonamides is 1. The standard InChI is InChI=1S/C17H22N2O2S2/c1-13-12-22-17(19-13)11-18-23(20,21)16-9-7-15(8-10-16)14-5-3-2-4-6-14/h7-10,12,14,18H,2-6,11H2,1H3. The van der Waals surface area contributed by atoms with Crippen LogP contribution in [0.5, 0.6) is 0 Å². The van der Waals surface area contributed by atoms with E-state index in [1.807, 2.05) is 24.4 Å². The number of nitrogens with one attached hydrogen (secondary N) is 1. The molecule has 1 aromatic heterocycles. The van der Waals surface area contributed by atoms with Gasteiger partial charge in [-0.15, -0.1) is 11.3 Å². The molecule has 23 heavy (non-hydrogen) atoms. The van der Waals surface area contributed by atoms with E-state index in [-0.39, 0.29) is 6.54 Å². The van der Waals surface area contributed by atoms with Crippen LogP contribution in [0.3, 0.4) is 0 Å². The number of thiazole rings is 1. The van der Waals surface area contributed by atoms with Gasteiger partial charge in [-0.05, 0) is 43.4 Å². The molecule has 1 N–H and O–H groups in total. The van der Waals surface area contributed by atoms with Crippen molar-refractivity contribution in [1.29, 1.82) is 0 Å². The zero-order valence-corrected chi connectivity index (χ0v) is 14.9. The van der Waals surface area contributed by atoms with E-state index in [0.717, 1.165) is 10.7 Å². The van der Waals surface area contributed by atoms with E-state index in [1.54, 1.807) is 12.1 Å². The molecule has 0 amide bonds. The van der Waals surface area contributed by atoms with Gasteiger partial charge in [-0.25, -0.2) is 18.1 Å². The first-order valence-electron chi connectivity index (χ1n) is 8.05. The minimum atomic E-state index is -3.48. The molecule has 1 fully saturated rings. The Morgan fingerprint density at radius 2 is 1.87 bits per heavy atom. The molecule has 1 aliphatic carbocycles. The monoisotopic (exact) mass is 350 g/mol. The summed E-state index contributed by atoms with van der Waals surface area (Å²) in [6, 6.07) is 7.38. The number of hydrogen-bond acceptors (Lipinski definition) is 4. The fourth-order valence-electron chi connectivity index (χ4n) is 3.08. The van der Waals surface area contributed by atoms with E-state index in [0.29, 0.717) is 10.8 Å². The third-order valence-electron chi connectivity index (χ3n) is 4.35. The van der Waals surface area contributed by atoms with Crippen molar-refractivity contribution in [3.05, 3.63) is 45.9 Å². The van der Waals surface area contributed by atoms with E-state index in [2.05, 4.69) is 9.71 Å². The molecule has 6 heteroatoms. The quantitative estimate of drug-likeness (QED) is 0.887. The lowest BCUT2D eigenvalue weighted by Crippen LogP contribution is -2.23. The Labute approximate surface area is 142 Å². The summed E-state index contributed by atoms with van der Waals surface area (Å²) in [5.41, 5.74) is 2.18. The predicted octanol–water partition coefficient (Wildman–Crippen LogP) is 3.98. The minimum Gasteiger partial charge on any atom is -0.245 e. The van der Waals surface area contributed by atoms with Gasteiger partial charge in [-0.1, -0.05) is 31.4 Å². The summed E-state index contributed by atoms with van der Waals surface area (Å²) in [6.45, 7) is 2.14. The van der Waals surface area contributed by atoms with Gasteiger partial charge in [0.15, 0.2) is 0 Å². The first-order valence-corrected chi connectivity index (χ1v) is 10.4. The molecule has 124 valence electrons. The topological polar surface area (TPSA) is 59.1 Å². The van der Waals surface area contributed by atoms with Crippen LogP contribution in [0.2, 0.25) is 0 Å². The summed E-state index contributed by atoms with van der Waals surface area (Å²) in [7, 11) is -3.48. The Bertz CT molecular complexity index is 745. The summed E-state index contributed by atoms with van der Waals surface area (Å²) in [4.78, 5) is 4.60. The molecule has 3 rings (SSSR count). The van der Waals surface area contributed by atoms with Crippen molar-refractivity contribution in [1.82, 2.24) is 9.71 Å². The average Bonchev–Trinajstić information content (AvgIpc) is 3.00. The van der Waals surface area contributed by atoms with E-state index in [4.69, 9.17) is 0 Å². The molecule has 0 aliphatic heterocycles. The van der Waals surface area contributed by atoms with E-state index >= 15 is 0 Å². The van der Waals surface area contributed by atoms with Crippen LogP contribution >= 0.6 is 11.3 Å². The minimum absolute atomic E-state index is 0.241. The summed E-state index contributed by atoms with van der Waals surface area (Å²) >= 11 is 1.47. The number of rotatable bonds is 5. The zero-order chi connectivity index (χ0) is 16.3. The van der Waals surface area contributed by atoms with Crippen LogP contribution in [0.25, 0.3) is 0 Å². The van der Waals surface area contributed by atoms with Crippen molar-refractivity contribution in [2.45, 2.75) is 56.4 Å². The van der Waals surface area contributed by atoms with Gasteiger partial charge in [0.05, 0.1) is 11.4 Å². The fraction of sp³-hybridized carbons (Fsp3) is 0.471. The van der Waals surface area contributed by atoms with Crippen molar-refractivity contribution in [2.24, 2.45) is 0 Å². The largest absolute Gasteiger partial charge is 0.245 e. The lowest BCUT2D eigenvalue weighted by molar-refractivity contribution is 0.443. The maximum Gasteiger partial charge on any atom is 0.240 e. The van der Waals surface area contributed by atoms with Gasteiger partial charge in [0, 0.05) is 11.1 Å². The highest BCUT2D eigenvalue weighted by molar-refractivity contribution is 7.89. The van der Waals surface area contributed by atoms with Gasteiger partial charge in [0.1, 0.15) is 5.01 Å². The number of hydrogen-bond donors (Lipinski definition) is 1. The molecule has 0 unspecified atom stereocenters. The molecule has 2 aromatic rings. The van der Waals surface area contributed by atoms with Gasteiger partial charge >= 0.3 is 0 Å². The molecule has 0 saturated heterocycles. The third-order valence-corrected chi connectivity index (χ3v) is 6.73. The SMILES string of the molecule is Cc1csc(CNS(=O)(=O)c2ccc(C3CCCCC3)cc2)n1. The molecular formula is C17H22N2O2S2. The van der Waals surface area contributed by atoms with Crippen molar-refractivity contribution in [3.63, 3.8) is 0 Å². The van der Waals surface area contributed by atoms with E-state index in [1.165, 1.54) is 49.0 Å². The van der Waals surface area contributed by atoms with Gasteiger partial charge < -0.3 is 0 Å². The van der Waals surface area contributed by atoms with Crippen molar-refractivity contribution in [2.75, 3.05) is 0 Å². The highest BCUT2D eigenvalue weighted by Crippen LogP contribution is 2.32. The molecule has 0 radical (unpaired) electrons. The Kier molecular flexibility index (Phi) is 5.14. The maximum atomic E-state index is 12.4. The highest BCUT2D eigenvalue weighted by Gasteiger charge is 2.18. The van der Waals surface area contributed by atoms with Gasteiger partial charge in [0.2, 0.25) is 10.0 Å². The average molecular weight is 351 g/mol. The number of nitrogens with zero attached hydrogens (tertiary/aromatic N) is 1. The van der Waals surface area contributed by atoms with Gasteiger partial charge in [-0.2, -0.15) is 0 Å². The lowest BCUT2D eigenvalue weighted by atomic mass is 9.84. The smallest absolute Gasteiger partial charge is 0.240 e. The maximum absolute atomic E-state index is 12.4. The molecule has 0 atom stereocenters.